The quantitative estimate of drug-likeness (QED) is 0.609. The number of rotatable bonds is 0. The third-order valence-electron chi connectivity index (χ3n) is 0.454. The number of imide groups is 2. The van der Waals surface area contributed by atoms with Crippen LogP contribution < -0.4 is 10.6 Å². The van der Waals surface area contributed by atoms with Crippen molar-refractivity contribution in [3.63, 3.8) is 0 Å². The zero-order valence-corrected chi connectivity index (χ0v) is 10.5. The van der Waals surface area contributed by atoms with E-state index in [1.165, 1.54) is 0 Å². The van der Waals surface area contributed by atoms with Crippen LogP contribution >= 0.6 is 0 Å². The average molecular weight is 216 g/mol. The van der Waals surface area contributed by atoms with Crippen LogP contribution in [0, 0.1) is 0 Å². The Morgan fingerprint density at radius 2 is 1.07 bits per heavy atom. The Kier molecular flexibility index (Phi) is 45.8. The van der Waals surface area contributed by atoms with Gasteiger partial charge in [0.15, 0.2) is 0 Å². The predicted octanol–water partition coefficient (Wildman–Crippen LogP) is 3.47. The number of hydrogen-bond donors (Lipinski definition) is 2. The van der Waals surface area contributed by atoms with Gasteiger partial charge >= 0.3 is 12.1 Å². The fourth-order valence-electron chi connectivity index (χ4n) is 0.206. The summed E-state index contributed by atoms with van der Waals surface area (Å²) in [7, 11) is 0. The van der Waals surface area contributed by atoms with E-state index in [0.717, 1.165) is 0 Å². The summed E-state index contributed by atoms with van der Waals surface area (Å²) < 4.78 is 0. The van der Waals surface area contributed by atoms with E-state index in [2.05, 4.69) is 19.7 Å². The fourth-order valence-corrected chi connectivity index (χ4v) is 0.206. The van der Waals surface area contributed by atoms with E-state index in [9.17, 15) is 9.59 Å². The molecule has 4 nitrogen and oxygen atoms in total. The minimum absolute atomic E-state index is 0.417. The molecule has 0 aromatic rings. The van der Waals surface area contributed by atoms with Gasteiger partial charge in [0.25, 0.3) is 0 Å². The van der Waals surface area contributed by atoms with Gasteiger partial charge in [0.2, 0.25) is 0 Å². The Hall–Kier alpha value is -1.58. The first-order valence-electron chi connectivity index (χ1n) is 4.89. The van der Waals surface area contributed by atoms with E-state index in [1.54, 1.807) is 6.08 Å². The second kappa shape index (κ2) is 29.4. The molecule has 0 unspecified atom stereocenters. The number of hydrogen-bond acceptors (Lipinski definition) is 2. The number of urea groups is 2. The summed E-state index contributed by atoms with van der Waals surface area (Å²) in [5.41, 5.74) is 0. The number of nitrogens with one attached hydrogen (secondary N) is 2. The van der Waals surface area contributed by atoms with Crippen molar-refractivity contribution in [2.45, 2.75) is 34.6 Å². The summed E-state index contributed by atoms with van der Waals surface area (Å²) in [6, 6.07) is -0.833. The summed E-state index contributed by atoms with van der Waals surface area (Å²) in [5.74, 6) is 0. The molecule has 90 valence electrons. The van der Waals surface area contributed by atoms with E-state index in [1.807, 2.05) is 45.3 Å². The Bertz CT molecular complexity index is 135. The first-order valence-corrected chi connectivity index (χ1v) is 4.89. The first kappa shape index (κ1) is 23.3. The molecule has 4 amide bonds. The fraction of sp³-hybridized carbons (Fsp3) is 0.455. The molecular weight excluding hydrogens is 192 g/mol. The van der Waals surface area contributed by atoms with Crippen molar-refractivity contribution in [1.29, 1.82) is 0 Å². The van der Waals surface area contributed by atoms with Crippen molar-refractivity contribution >= 4 is 12.1 Å². The Morgan fingerprint density at radius 3 is 1.07 bits per heavy atom. The van der Waals surface area contributed by atoms with Crippen LogP contribution in [0.3, 0.4) is 0 Å². The molecule has 0 aromatic heterocycles. The van der Waals surface area contributed by atoms with Crippen LogP contribution in [-0.2, 0) is 0 Å². The molecular formula is C11H24N2O2. The molecule has 0 atom stereocenters. The van der Waals surface area contributed by atoms with Crippen molar-refractivity contribution < 1.29 is 9.59 Å². The molecule has 0 aromatic carbocycles. The van der Waals surface area contributed by atoms with Crippen molar-refractivity contribution in [2.24, 2.45) is 0 Å². The highest BCUT2D eigenvalue weighted by molar-refractivity contribution is 6.11. The lowest BCUT2D eigenvalue weighted by Crippen LogP contribution is -2.58. The van der Waals surface area contributed by atoms with Crippen molar-refractivity contribution in [3.8, 4) is 0 Å². The number of amides is 4. The summed E-state index contributed by atoms with van der Waals surface area (Å²) in [5, 5.41) is 3.83. The largest absolute Gasteiger partial charge is 0.330 e. The summed E-state index contributed by atoms with van der Waals surface area (Å²) in [6.45, 7) is 19.2. The molecule has 15 heavy (non-hydrogen) atoms. The Labute approximate surface area is 93.4 Å². The Morgan fingerprint density at radius 1 is 0.933 bits per heavy atom. The molecule has 1 rings (SSSR count). The SMILES string of the molecule is C=C.C=CC.CC.CC.O=C1NC(=O)N1. The molecule has 1 heterocycles. The average Bonchev–Trinajstić information content (AvgIpc) is 2.26. The monoisotopic (exact) mass is 216 g/mol. The second-order valence-electron chi connectivity index (χ2n) is 1.32. The minimum atomic E-state index is -0.417. The lowest BCUT2D eigenvalue weighted by atomic mass is 10.7. The van der Waals surface area contributed by atoms with Gasteiger partial charge in [-0.25, -0.2) is 9.59 Å². The van der Waals surface area contributed by atoms with E-state index < -0.39 is 12.1 Å². The number of carbonyl (C=O) groups is 2. The maximum absolute atomic E-state index is 9.67. The molecule has 0 spiro atoms. The van der Waals surface area contributed by atoms with Crippen LogP contribution in [0.5, 0.6) is 0 Å². The van der Waals surface area contributed by atoms with Crippen molar-refractivity contribution in [1.82, 2.24) is 10.6 Å². The van der Waals surface area contributed by atoms with E-state index >= 15 is 0 Å². The van der Waals surface area contributed by atoms with Crippen LogP contribution in [-0.4, -0.2) is 12.1 Å². The molecule has 0 aliphatic carbocycles. The highest BCUT2D eigenvalue weighted by Gasteiger charge is 2.18. The maximum atomic E-state index is 9.67. The van der Waals surface area contributed by atoms with Crippen LogP contribution in [0.25, 0.3) is 0 Å². The zero-order chi connectivity index (χ0) is 13.3. The van der Waals surface area contributed by atoms with Crippen LogP contribution in [0.2, 0.25) is 0 Å². The molecule has 2 N–H and O–H groups in total. The molecule has 0 bridgehead atoms. The zero-order valence-electron chi connectivity index (χ0n) is 10.5. The third kappa shape index (κ3) is 32.7. The highest BCUT2D eigenvalue weighted by Crippen LogP contribution is 1.75. The molecule has 1 aliphatic rings. The molecule has 0 radical (unpaired) electrons. The van der Waals surface area contributed by atoms with Gasteiger partial charge < -0.3 is 0 Å². The number of allylic oxidation sites excluding steroid dienone is 1. The molecule has 4 heteroatoms. The highest BCUT2D eigenvalue weighted by atomic mass is 16.2. The van der Waals surface area contributed by atoms with E-state index in [0.29, 0.717) is 0 Å². The maximum Gasteiger partial charge on any atom is 0.330 e. The van der Waals surface area contributed by atoms with Gasteiger partial charge in [-0.1, -0.05) is 33.8 Å². The standard InChI is InChI=1S/C3H6.C2H2N2O2.2C2H6.C2H4/c1-3-2;5-1-3-2(6)4-1;3*1-2/h3H,1H2,2H3;(H2,3,4,5,6);2*1-2H3;1-2H2. The van der Waals surface area contributed by atoms with E-state index in [-0.39, 0.29) is 0 Å². The van der Waals surface area contributed by atoms with Crippen molar-refractivity contribution in [2.75, 3.05) is 0 Å². The minimum Gasteiger partial charge on any atom is -0.259 e. The lowest BCUT2D eigenvalue weighted by Gasteiger charge is -2.10. The molecule has 0 saturated carbocycles. The topological polar surface area (TPSA) is 58.2 Å². The summed E-state index contributed by atoms with van der Waals surface area (Å²) >= 11 is 0. The van der Waals surface area contributed by atoms with Crippen LogP contribution in [0.1, 0.15) is 34.6 Å². The molecule has 1 fully saturated rings. The van der Waals surface area contributed by atoms with Gasteiger partial charge in [0.05, 0.1) is 0 Å². The van der Waals surface area contributed by atoms with Crippen molar-refractivity contribution in [3.05, 3.63) is 25.8 Å². The normalized spacial score (nSPS) is 9.13. The van der Waals surface area contributed by atoms with Gasteiger partial charge in [-0.3, -0.25) is 10.6 Å². The van der Waals surface area contributed by atoms with Crippen LogP contribution in [0.15, 0.2) is 25.8 Å². The van der Waals surface area contributed by atoms with Gasteiger partial charge in [-0.15, -0.1) is 19.7 Å². The van der Waals surface area contributed by atoms with Gasteiger partial charge in [-0.2, -0.15) is 0 Å². The lowest BCUT2D eigenvalue weighted by molar-refractivity contribution is 0.210. The molecule has 1 aliphatic heterocycles. The van der Waals surface area contributed by atoms with Gasteiger partial charge in [0.1, 0.15) is 0 Å². The summed E-state index contributed by atoms with van der Waals surface area (Å²) in [6.07, 6.45) is 1.75. The predicted molar refractivity (Wildman–Crippen MR) is 66.9 cm³/mol. The van der Waals surface area contributed by atoms with E-state index in [4.69, 9.17) is 0 Å². The molecule has 1 saturated heterocycles. The summed E-state index contributed by atoms with van der Waals surface area (Å²) in [4.78, 5) is 19.3. The van der Waals surface area contributed by atoms with Gasteiger partial charge in [-0.05, 0) is 6.92 Å². The van der Waals surface area contributed by atoms with Crippen LogP contribution in [0.4, 0.5) is 9.59 Å². The Balaban J connectivity index is -0.0000000585. The smallest absolute Gasteiger partial charge is 0.259 e. The second-order valence-corrected chi connectivity index (χ2v) is 1.32. The first-order chi connectivity index (χ1) is 7.20. The number of carbonyl (C=O) groups excluding carboxylic acids is 2. The third-order valence-corrected chi connectivity index (χ3v) is 0.454. The van der Waals surface area contributed by atoms with Gasteiger partial charge in [0, 0.05) is 0 Å².